The van der Waals surface area contributed by atoms with Crippen LogP contribution in [0.3, 0.4) is 0 Å². The first kappa shape index (κ1) is 9.57. The summed E-state index contributed by atoms with van der Waals surface area (Å²) < 4.78 is 2.03. The van der Waals surface area contributed by atoms with Crippen LogP contribution >= 0.6 is 0 Å². The molecule has 5 nitrogen and oxygen atoms in total. The van der Waals surface area contributed by atoms with Crippen LogP contribution in [0.1, 0.15) is 18.7 Å². The van der Waals surface area contributed by atoms with Gasteiger partial charge in [0.15, 0.2) is 0 Å². The van der Waals surface area contributed by atoms with Gasteiger partial charge in [-0.1, -0.05) is 5.16 Å². The van der Waals surface area contributed by atoms with Crippen LogP contribution in [0.2, 0.25) is 0 Å². The number of imidazole rings is 1. The molecular weight excluding hydrogens is 168 g/mol. The molecule has 0 aliphatic heterocycles. The van der Waals surface area contributed by atoms with E-state index < -0.39 is 0 Å². The topological polar surface area (TPSA) is 76.4 Å². The molecule has 0 aromatic carbocycles. The molecule has 0 unspecified atom stereocenters. The molecule has 0 fully saturated rings. The van der Waals surface area contributed by atoms with E-state index in [1.807, 2.05) is 17.7 Å². The van der Waals surface area contributed by atoms with Gasteiger partial charge in [-0.25, -0.2) is 4.98 Å². The molecule has 72 valence electrons. The Hall–Kier alpha value is -1.52. The monoisotopic (exact) mass is 182 g/mol. The van der Waals surface area contributed by atoms with Crippen molar-refractivity contribution in [1.29, 1.82) is 0 Å². The number of hydrogen-bond acceptors (Lipinski definition) is 3. The zero-order valence-corrected chi connectivity index (χ0v) is 7.64. The molecule has 13 heavy (non-hydrogen) atoms. The van der Waals surface area contributed by atoms with Crippen LogP contribution in [0.15, 0.2) is 17.5 Å². The van der Waals surface area contributed by atoms with Crippen molar-refractivity contribution in [3.05, 3.63) is 18.2 Å². The van der Waals surface area contributed by atoms with Gasteiger partial charge in [-0.2, -0.15) is 0 Å². The van der Waals surface area contributed by atoms with Gasteiger partial charge in [0.1, 0.15) is 11.7 Å². The van der Waals surface area contributed by atoms with E-state index in [4.69, 9.17) is 10.9 Å². The van der Waals surface area contributed by atoms with Crippen molar-refractivity contribution in [2.75, 3.05) is 0 Å². The van der Waals surface area contributed by atoms with Crippen molar-refractivity contribution in [2.24, 2.45) is 10.9 Å². The average molecular weight is 182 g/mol. The molecule has 5 heteroatoms. The molecule has 1 aromatic heterocycles. The second-order valence-electron chi connectivity index (χ2n) is 2.86. The summed E-state index contributed by atoms with van der Waals surface area (Å²) in [6.45, 7) is 2.80. The quantitative estimate of drug-likeness (QED) is 0.312. The Morgan fingerprint density at radius 3 is 3.08 bits per heavy atom. The van der Waals surface area contributed by atoms with Crippen LogP contribution in [-0.4, -0.2) is 20.6 Å². The third-order valence-corrected chi connectivity index (χ3v) is 1.88. The van der Waals surface area contributed by atoms with E-state index >= 15 is 0 Å². The Kier molecular flexibility index (Phi) is 3.31. The largest absolute Gasteiger partial charge is 0.409 e. The summed E-state index contributed by atoms with van der Waals surface area (Å²) in [4.78, 5) is 4.09. The second kappa shape index (κ2) is 4.49. The van der Waals surface area contributed by atoms with Crippen molar-refractivity contribution in [3.63, 3.8) is 0 Å². The average Bonchev–Trinajstić information content (AvgIpc) is 2.52. The maximum Gasteiger partial charge on any atom is 0.139 e. The van der Waals surface area contributed by atoms with E-state index in [2.05, 4.69) is 10.1 Å². The van der Waals surface area contributed by atoms with Crippen LogP contribution in [-0.2, 0) is 6.54 Å². The first-order valence-corrected chi connectivity index (χ1v) is 4.18. The number of nitrogens with two attached hydrogens (primary N) is 1. The fourth-order valence-electron chi connectivity index (χ4n) is 1.12. The Morgan fingerprint density at radius 2 is 2.54 bits per heavy atom. The summed E-state index contributed by atoms with van der Waals surface area (Å²) in [6.07, 6.45) is 5.14. The third-order valence-electron chi connectivity index (χ3n) is 1.88. The van der Waals surface area contributed by atoms with E-state index in [0.717, 1.165) is 18.8 Å². The Balaban J connectivity index is 2.32. The first-order valence-electron chi connectivity index (χ1n) is 4.18. The molecule has 1 heterocycles. The molecule has 0 aliphatic carbocycles. The number of aromatic nitrogens is 2. The van der Waals surface area contributed by atoms with Gasteiger partial charge < -0.3 is 15.5 Å². The van der Waals surface area contributed by atoms with Crippen LogP contribution in [0.25, 0.3) is 0 Å². The second-order valence-corrected chi connectivity index (χ2v) is 2.86. The summed E-state index contributed by atoms with van der Waals surface area (Å²) in [5.74, 6) is 1.26. The lowest BCUT2D eigenvalue weighted by molar-refractivity contribution is 0.316. The maximum absolute atomic E-state index is 8.29. The van der Waals surface area contributed by atoms with Crippen molar-refractivity contribution >= 4 is 5.84 Å². The Labute approximate surface area is 76.9 Å². The lowest BCUT2D eigenvalue weighted by atomic mass is 10.3. The molecule has 1 aromatic rings. The highest BCUT2D eigenvalue weighted by atomic mass is 16.4. The van der Waals surface area contributed by atoms with Gasteiger partial charge in [-0.3, -0.25) is 0 Å². The zero-order valence-electron chi connectivity index (χ0n) is 7.64. The van der Waals surface area contributed by atoms with Crippen LogP contribution in [0.5, 0.6) is 0 Å². The van der Waals surface area contributed by atoms with Gasteiger partial charge in [0.05, 0.1) is 0 Å². The normalized spacial score (nSPS) is 11.9. The van der Waals surface area contributed by atoms with E-state index in [1.54, 1.807) is 6.20 Å². The summed E-state index contributed by atoms with van der Waals surface area (Å²) >= 11 is 0. The minimum Gasteiger partial charge on any atom is -0.409 e. The lowest BCUT2D eigenvalue weighted by Gasteiger charge is -2.03. The summed E-state index contributed by atoms with van der Waals surface area (Å²) in [5, 5.41) is 11.2. The van der Waals surface area contributed by atoms with Gasteiger partial charge in [0.25, 0.3) is 0 Å². The van der Waals surface area contributed by atoms with Crippen molar-refractivity contribution in [1.82, 2.24) is 9.55 Å². The maximum atomic E-state index is 8.29. The number of hydrogen-bond donors (Lipinski definition) is 2. The molecule has 0 aliphatic rings. The smallest absolute Gasteiger partial charge is 0.139 e. The number of amidine groups is 1. The summed E-state index contributed by atoms with van der Waals surface area (Å²) in [7, 11) is 0. The first-order chi connectivity index (χ1) is 6.24. The van der Waals surface area contributed by atoms with E-state index in [0.29, 0.717) is 6.42 Å². The van der Waals surface area contributed by atoms with Gasteiger partial charge in [0, 0.05) is 25.4 Å². The van der Waals surface area contributed by atoms with Gasteiger partial charge in [0.2, 0.25) is 0 Å². The van der Waals surface area contributed by atoms with Gasteiger partial charge in [-0.05, 0) is 13.3 Å². The van der Waals surface area contributed by atoms with Crippen LogP contribution in [0.4, 0.5) is 0 Å². The Bertz CT molecular complexity index is 292. The van der Waals surface area contributed by atoms with E-state index in [-0.39, 0.29) is 5.84 Å². The van der Waals surface area contributed by atoms with Crippen LogP contribution < -0.4 is 5.73 Å². The molecule has 0 saturated heterocycles. The number of aryl methyl sites for hydroxylation is 2. The van der Waals surface area contributed by atoms with Gasteiger partial charge >= 0.3 is 0 Å². The standard InChI is InChI=1S/C8H14N4O/c1-7-10-4-6-12(7)5-2-3-8(9)11-13/h4,6,13H,2-3,5H2,1H3,(H2,9,11). The predicted molar refractivity (Wildman–Crippen MR) is 49.6 cm³/mol. The minimum atomic E-state index is 0.276. The molecule has 0 amide bonds. The fourth-order valence-corrected chi connectivity index (χ4v) is 1.12. The highest BCUT2D eigenvalue weighted by Crippen LogP contribution is 1.99. The fraction of sp³-hybridized carbons (Fsp3) is 0.500. The summed E-state index contributed by atoms with van der Waals surface area (Å²) in [5.41, 5.74) is 5.33. The zero-order chi connectivity index (χ0) is 9.68. The van der Waals surface area contributed by atoms with Crippen molar-refractivity contribution in [3.8, 4) is 0 Å². The molecule has 0 spiro atoms. The highest BCUT2D eigenvalue weighted by molar-refractivity contribution is 5.79. The molecule has 0 atom stereocenters. The molecule has 3 N–H and O–H groups in total. The molecule has 0 saturated carbocycles. The molecule has 1 rings (SSSR count). The molecule has 0 bridgehead atoms. The number of nitrogens with zero attached hydrogens (tertiary/aromatic N) is 3. The van der Waals surface area contributed by atoms with E-state index in [1.165, 1.54) is 0 Å². The number of oxime groups is 1. The summed E-state index contributed by atoms with van der Waals surface area (Å²) in [6, 6.07) is 0. The SMILES string of the molecule is Cc1nccn1CCC/C(N)=N/O. The number of rotatable bonds is 4. The van der Waals surface area contributed by atoms with Crippen molar-refractivity contribution < 1.29 is 5.21 Å². The van der Waals surface area contributed by atoms with Crippen LogP contribution in [0, 0.1) is 6.92 Å². The highest BCUT2D eigenvalue weighted by Gasteiger charge is 1.97. The van der Waals surface area contributed by atoms with Crippen molar-refractivity contribution in [2.45, 2.75) is 26.3 Å². The molecular formula is C8H14N4O. The van der Waals surface area contributed by atoms with Gasteiger partial charge in [-0.15, -0.1) is 0 Å². The lowest BCUT2D eigenvalue weighted by Crippen LogP contribution is -2.12. The minimum absolute atomic E-state index is 0.276. The third kappa shape index (κ3) is 2.77. The molecule has 0 radical (unpaired) electrons. The Morgan fingerprint density at radius 1 is 1.77 bits per heavy atom. The predicted octanol–water partition coefficient (Wildman–Crippen LogP) is 0.718. The van der Waals surface area contributed by atoms with E-state index in [9.17, 15) is 0 Å².